The van der Waals surface area contributed by atoms with E-state index in [1.165, 1.54) is 6.08 Å². The van der Waals surface area contributed by atoms with Gasteiger partial charge in [-0.15, -0.1) is 0 Å². The number of H-pyrrole nitrogens is 1. The van der Waals surface area contributed by atoms with Gasteiger partial charge in [-0.1, -0.05) is 48.5 Å². The molecular weight excluding hydrogens is 488 g/mol. The van der Waals surface area contributed by atoms with Crippen LogP contribution >= 0.6 is 11.6 Å². The molecule has 5 N–H and O–H groups in total. The molecule has 0 bridgehead atoms. The molecular formula is C28H29ClN6O2. The number of hydrogen-bond donors (Lipinski definition) is 5. The fourth-order valence-electron chi connectivity index (χ4n) is 4.78. The lowest BCUT2D eigenvalue weighted by Gasteiger charge is -2.31. The van der Waals surface area contributed by atoms with Gasteiger partial charge >= 0.3 is 0 Å². The average Bonchev–Trinajstić information content (AvgIpc) is 3.35. The second-order valence-electron chi connectivity index (χ2n) is 9.22. The van der Waals surface area contributed by atoms with Crippen molar-refractivity contribution in [1.82, 2.24) is 20.3 Å². The fourth-order valence-corrected chi connectivity index (χ4v) is 4.97. The minimum absolute atomic E-state index is 0.174. The third-order valence-electron chi connectivity index (χ3n) is 6.70. The molecule has 1 aliphatic carbocycles. The number of para-hydroxylation sites is 1. The third-order valence-corrected chi connectivity index (χ3v) is 6.97. The second kappa shape index (κ2) is 11.1. The monoisotopic (exact) mass is 516 g/mol. The van der Waals surface area contributed by atoms with Crippen molar-refractivity contribution in [2.75, 3.05) is 10.6 Å². The standard InChI is InChI=1S/C28H29ClN6O2/c1-2-25(36)32-20-7-5-6-17(14-20)27(37)33-18-10-12-19(13-11-18)34-28-31-16-23(29)26(35-28)22-15-30-24-9-4-3-8-21(22)24/h2-9,14-16,18-19,27,30,33,37H,1,10-13H2,(H,32,36)(H,31,34,35)/t18-,19-,27?. The van der Waals surface area contributed by atoms with Crippen molar-refractivity contribution in [2.45, 2.75) is 44.0 Å². The first-order valence-corrected chi connectivity index (χ1v) is 12.7. The molecule has 8 nitrogen and oxygen atoms in total. The Balaban J connectivity index is 1.18. The highest BCUT2D eigenvalue weighted by atomic mass is 35.5. The Labute approximate surface area is 220 Å². The lowest BCUT2D eigenvalue weighted by Crippen LogP contribution is -2.39. The first kappa shape index (κ1) is 25.0. The number of anilines is 2. The molecule has 1 unspecified atom stereocenters. The van der Waals surface area contributed by atoms with Crippen molar-refractivity contribution in [1.29, 1.82) is 0 Å². The van der Waals surface area contributed by atoms with Crippen molar-refractivity contribution >= 4 is 40.0 Å². The summed E-state index contributed by atoms with van der Waals surface area (Å²) in [4.78, 5) is 24.0. The van der Waals surface area contributed by atoms with Crippen molar-refractivity contribution in [3.63, 3.8) is 0 Å². The quantitative estimate of drug-likeness (QED) is 0.158. The predicted molar refractivity (Wildman–Crippen MR) is 147 cm³/mol. The largest absolute Gasteiger partial charge is 0.374 e. The Hall–Kier alpha value is -3.72. The Morgan fingerprint density at radius 3 is 2.73 bits per heavy atom. The van der Waals surface area contributed by atoms with Crippen molar-refractivity contribution < 1.29 is 9.90 Å². The van der Waals surface area contributed by atoms with Crippen LogP contribution in [0.3, 0.4) is 0 Å². The molecule has 37 heavy (non-hydrogen) atoms. The zero-order valence-corrected chi connectivity index (χ0v) is 21.0. The number of nitrogens with zero attached hydrogens (tertiary/aromatic N) is 2. The van der Waals surface area contributed by atoms with Gasteiger partial charge < -0.3 is 20.7 Å². The molecule has 1 aliphatic rings. The maximum absolute atomic E-state index is 11.6. The summed E-state index contributed by atoms with van der Waals surface area (Å²) in [6.45, 7) is 3.46. The van der Waals surface area contributed by atoms with Gasteiger partial charge in [-0.05, 0) is 55.5 Å². The smallest absolute Gasteiger partial charge is 0.247 e. The Morgan fingerprint density at radius 1 is 1.14 bits per heavy atom. The van der Waals surface area contributed by atoms with Crippen molar-refractivity contribution in [3.8, 4) is 11.3 Å². The SMILES string of the molecule is C=CC(=O)Nc1cccc(C(O)N[C@H]2CC[C@H](Nc3ncc(Cl)c(-c4c[nH]c5ccccc45)n3)CC2)c1. The first-order valence-electron chi connectivity index (χ1n) is 12.3. The Bertz CT molecular complexity index is 1410. The summed E-state index contributed by atoms with van der Waals surface area (Å²) in [7, 11) is 0. The number of carbonyl (C=O) groups excluding carboxylic acids is 1. The molecule has 2 aromatic heterocycles. The van der Waals surface area contributed by atoms with Gasteiger partial charge in [-0.2, -0.15) is 0 Å². The molecule has 4 aromatic rings. The summed E-state index contributed by atoms with van der Waals surface area (Å²) in [5.41, 5.74) is 3.98. The van der Waals surface area contributed by atoms with E-state index in [1.807, 2.05) is 36.5 Å². The highest BCUT2D eigenvalue weighted by Gasteiger charge is 2.24. The Kier molecular flexibility index (Phi) is 7.50. The summed E-state index contributed by atoms with van der Waals surface area (Å²) >= 11 is 6.47. The number of benzene rings is 2. The van der Waals surface area contributed by atoms with Gasteiger partial charge in [0.05, 0.1) is 16.9 Å². The number of amides is 1. The van der Waals surface area contributed by atoms with Gasteiger partial charge in [-0.25, -0.2) is 9.97 Å². The number of carbonyl (C=O) groups is 1. The number of aliphatic hydroxyl groups is 1. The van der Waals surface area contributed by atoms with Crippen molar-refractivity contribution in [2.24, 2.45) is 0 Å². The summed E-state index contributed by atoms with van der Waals surface area (Å²) in [6.07, 6.45) is 7.56. The average molecular weight is 517 g/mol. The van der Waals surface area contributed by atoms with Crippen LogP contribution in [0.1, 0.15) is 37.5 Å². The van der Waals surface area contributed by atoms with Crippen LogP contribution in [0.15, 0.2) is 73.6 Å². The van der Waals surface area contributed by atoms with Crippen LogP contribution in [-0.4, -0.2) is 38.0 Å². The number of fused-ring (bicyclic) bond motifs is 1. The summed E-state index contributed by atoms with van der Waals surface area (Å²) in [6, 6.07) is 15.6. The van der Waals surface area contributed by atoms with Crippen LogP contribution in [-0.2, 0) is 4.79 Å². The van der Waals surface area contributed by atoms with E-state index >= 15 is 0 Å². The minimum Gasteiger partial charge on any atom is -0.374 e. The Morgan fingerprint density at radius 2 is 1.92 bits per heavy atom. The van der Waals surface area contributed by atoms with E-state index in [0.29, 0.717) is 27.9 Å². The number of aromatic nitrogens is 3. The van der Waals surface area contributed by atoms with Crippen LogP contribution < -0.4 is 16.0 Å². The van der Waals surface area contributed by atoms with E-state index in [4.69, 9.17) is 16.6 Å². The molecule has 0 aliphatic heterocycles. The van der Waals surface area contributed by atoms with E-state index in [9.17, 15) is 9.90 Å². The molecule has 0 saturated heterocycles. The molecule has 5 rings (SSSR count). The molecule has 0 spiro atoms. The summed E-state index contributed by atoms with van der Waals surface area (Å²) in [5, 5.41) is 21.8. The van der Waals surface area contributed by atoms with E-state index in [-0.39, 0.29) is 18.0 Å². The van der Waals surface area contributed by atoms with E-state index in [0.717, 1.165) is 42.1 Å². The number of rotatable bonds is 8. The van der Waals surface area contributed by atoms with Gasteiger partial charge in [0.25, 0.3) is 0 Å². The maximum atomic E-state index is 11.6. The fraction of sp³-hybridized carbons (Fsp3) is 0.250. The summed E-state index contributed by atoms with van der Waals surface area (Å²) < 4.78 is 0. The number of hydrogen-bond acceptors (Lipinski definition) is 6. The van der Waals surface area contributed by atoms with Crippen LogP contribution in [0, 0.1) is 0 Å². The molecule has 1 amide bonds. The minimum atomic E-state index is -0.826. The van der Waals surface area contributed by atoms with Crippen LogP contribution in [0.25, 0.3) is 22.2 Å². The molecule has 2 heterocycles. The molecule has 9 heteroatoms. The number of nitrogens with one attached hydrogen (secondary N) is 4. The lowest BCUT2D eigenvalue weighted by molar-refractivity contribution is -0.111. The van der Waals surface area contributed by atoms with E-state index in [2.05, 4.69) is 32.5 Å². The second-order valence-corrected chi connectivity index (χ2v) is 9.63. The number of aromatic amines is 1. The molecule has 1 fully saturated rings. The van der Waals surface area contributed by atoms with Crippen molar-refractivity contribution in [3.05, 3.63) is 84.2 Å². The third kappa shape index (κ3) is 5.83. The molecule has 0 radical (unpaired) electrons. The first-order chi connectivity index (χ1) is 18.0. The zero-order chi connectivity index (χ0) is 25.8. The topological polar surface area (TPSA) is 115 Å². The van der Waals surface area contributed by atoms with Gasteiger partial charge in [0.1, 0.15) is 6.23 Å². The van der Waals surface area contributed by atoms with Gasteiger partial charge in [-0.3, -0.25) is 10.1 Å². The highest BCUT2D eigenvalue weighted by Crippen LogP contribution is 2.33. The number of aliphatic hydroxyl groups excluding tert-OH is 1. The highest BCUT2D eigenvalue weighted by molar-refractivity contribution is 6.33. The summed E-state index contributed by atoms with van der Waals surface area (Å²) in [5.74, 6) is 0.267. The number of halogens is 1. The normalized spacial score (nSPS) is 18.3. The van der Waals surface area contributed by atoms with Gasteiger partial charge in [0, 0.05) is 40.4 Å². The maximum Gasteiger partial charge on any atom is 0.247 e. The molecule has 1 saturated carbocycles. The van der Waals surface area contributed by atoms with Crippen LogP contribution in [0.2, 0.25) is 5.02 Å². The van der Waals surface area contributed by atoms with Crippen LogP contribution in [0.5, 0.6) is 0 Å². The van der Waals surface area contributed by atoms with Gasteiger partial charge in [0.15, 0.2) is 0 Å². The predicted octanol–water partition coefficient (Wildman–Crippen LogP) is 5.41. The van der Waals surface area contributed by atoms with E-state index in [1.54, 1.807) is 24.4 Å². The van der Waals surface area contributed by atoms with Gasteiger partial charge in [0.2, 0.25) is 11.9 Å². The molecule has 1 atom stereocenters. The molecule has 2 aromatic carbocycles. The zero-order valence-electron chi connectivity index (χ0n) is 20.2. The van der Waals surface area contributed by atoms with Crippen LogP contribution in [0.4, 0.5) is 11.6 Å². The lowest BCUT2D eigenvalue weighted by atomic mass is 9.91. The molecule has 190 valence electrons. The van der Waals surface area contributed by atoms with E-state index < -0.39 is 6.23 Å².